The second-order valence-corrected chi connectivity index (χ2v) is 8.77. The molecule has 4 rings (SSSR count). The van der Waals surface area contributed by atoms with E-state index in [1.807, 2.05) is 68.4 Å². The lowest BCUT2D eigenvalue weighted by atomic mass is 10.2. The molecule has 0 spiro atoms. The van der Waals surface area contributed by atoms with Crippen molar-refractivity contribution < 1.29 is 14.3 Å². The van der Waals surface area contributed by atoms with Crippen molar-refractivity contribution in [3.05, 3.63) is 59.9 Å². The summed E-state index contributed by atoms with van der Waals surface area (Å²) in [6.07, 6.45) is 1.63. The smallest absolute Gasteiger partial charge is 0.263 e. The van der Waals surface area contributed by atoms with Crippen LogP contribution in [-0.2, 0) is 0 Å². The number of para-hydroxylation sites is 1. The Morgan fingerprint density at radius 3 is 2.35 bits per heavy atom. The van der Waals surface area contributed by atoms with Gasteiger partial charge < -0.3 is 14.4 Å². The van der Waals surface area contributed by atoms with Crippen molar-refractivity contribution in [2.24, 2.45) is 0 Å². The van der Waals surface area contributed by atoms with Gasteiger partial charge in [-0.25, -0.2) is 9.67 Å². The quantitative estimate of drug-likeness (QED) is 0.355. The number of fused-ring (bicyclic) bond motifs is 1. The lowest BCUT2D eigenvalue weighted by molar-refractivity contribution is 0.0984. The zero-order valence-corrected chi connectivity index (χ0v) is 21.4. The van der Waals surface area contributed by atoms with Gasteiger partial charge in [0.2, 0.25) is 0 Å². The number of hydrogen-bond donors (Lipinski definition) is 0. The summed E-state index contributed by atoms with van der Waals surface area (Å²) in [7, 11) is 7.19. The Kier molecular flexibility index (Phi) is 8.14. The Morgan fingerprint density at radius 2 is 1.71 bits per heavy atom. The van der Waals surface area contributed by atoms with Crippen LogP contribution in [0.1, 0.15) is 16.1 Å². The highest BCUT2D eigenvalue weighted by Crippen LogP contribution is 2.40. The maximum Gasteiger partial charge on any atom is 0.263 e. The van der Waals surface area contributed by atoms with Gasteiger partial charge in [-0.15, -0.1) is 12.4 Å². The number of thiazole rings is 1. The van der Waals surface area contributed by atoms with Gasteiger partial charge in [0.1, 0.15) is 21.7 Å². The molecule has 0 aliphatic rings. The monoisotopic (exact) mass is 501 g/mol. The number of hydrogen-bond acceptors (Lipinski definition) is 7. The fourth-order valence-electron chi connectivity index (χ4n) is 3.57. The molecule has 10 heteroatoms. The summed E-state index contributed by atoms with van der Waals surface area (Å²) in [5.41, 5.74) is 2.90. The minimum atomic E-state index is -0.145. The first-order chi connectivity index (χ1) is 15.9. The molecule has 4 aromatic rings. The Hall–Kier alpha value is -3.14. The molecule has 8 nitrogen and oxygen atoms in total. The number of halogens is 1. The van der Waals surface area contributed by atoms with Gasteiger partial charge in [-0.2, -0.15) is 5.10 Å². The number of aromatic nitrogens is 3. The molecule has 0 aliphatic heterocycles. The van der Waals surface area contributed by atoms with E-state index in [0.29, 0.717) is 40.8 Å². The molecule has 0 aliphatic carbocycles. The summed E-state index contributed by atoms with van der Waals surface area (Å²) >= 11 is 1.41. The van der Waals surface area contributed by atoms with Gasteiger partial charge in [0, 0.05) is 13.1 Å². The van der Waals surface area contributed by atoms with Crippen LogP contribution in [0.4, 0.5) is 5.13 Å². The van der Waals surface area contributed by atoms with Crippen molar-refractivity contribution in [3.63, 3.8) is 0 Å². The highest BCUT2D eigenvalue weighted by molar-refractivity contribution is 7.22. The van der Waals surface area contributed by atoms with E-state index in [-0.39, 0.29) is 18.3 Å². The predicted octanol–water partition coefficient (Wildman–Crippen LogP) is 4.44. The number of ether oxygens (including phenoxy) is 2. The minimum Gasteiger partial charge on any atom is -0.495 e. The lowest BCUT2D eigenvalue weighted by Gasteiger charge is -2.21. The van der Waals surface area contributed by atoms with Crippen molar-refractivity contribution >= 4 is 45.0 Å². The fourth-order valence-corrected chi connectivity index (χ4v) is 4.67. The molecule has 2 heterocycles. The average molecular weight is 502 g/mol. The zero-order valence-electron chi connectivity index (χ0n) is 19.8. The van der Waals surface area contributed by atoms with Gasteiger partial charge in [-0.05, 0) is 45.3 Å². The van der Waals surface area contributed by atoms with E-state index in [1.54, 1.807) is 30.0 Å². The van der Waals surface area contributed by atoms with Crippen molar-refractivity contribution in [2.45, 2.75) is 6.92 Å². The number of carbonyl (C=O) groups excluding carboxylic acids is 1. The summed E-state index contributed by atoms with van der Waals surface area (Å²) in [6.45, 7) is 3.07. The number of carbonyl (C=O) groups is 1. The molecule has 2 aromatic carbocycles. The van der Waals surface area contributed by atoms with Gasteiger partial charge in [0.25, 0.3) is 5.91 Å². The molecule has 34 heavy (non-hydrogen) atoms. The van der Waals surface area contributed by atoms with E-state index in [4.69, 9.17) is 14.5 Å². The molecule has 0 saturated carbocycles. The summed E-state index contributed by atoms with van der Waals surface area (Å²) in [5, 5.41) is 5.07. The first-order valence-corrected chi connectivity index (χ1v) is 11.3. The number of anilines is 1. The van der Waals surface area contributed by atoms with E-state index < -0.39 is 0 Å². The van der Waals surface area contributed by atoms with Crippen LogP contribution in [0.15, 0.2) is 48.7 Å². The van der Waals surface area contributed by atoms with Crippen LogP contribution >= 0.6 is 23.7 Å². The third kappa shape index (κ3) is 4.86. The van der Waals surface area contributed by atoms with Crippen LogP contribution in [0.25, 0.3) is 15.9 Å². The van der Waals surface area contributed by atoms with Crippen LogP contribution in [0.2, 0.25) is 0 Å². The van der Waals surface area contributed by atoms with E-state index in [2.05, 4.69) is 5.10 Å². The number of rotatable bonds is 8. The molecule has 0 bridgehead atoms. The Bertz CT molecular complexity index is 1230. The average Bonchev–Trinajstić information content (AvgIpc) is 3.43. The van der Waals surface area contributed by atoms with Crippen LogP contribution in [0, 0.1) is 6.92 Å². The topological polar surface area (TPSA) is 72.7 Å². The van der Waals surface area contributed by atoms with Gasteiger partial charge >= 0.3 is 0 Å². The Labute approximate surface area is 209 Å². The summed E-state index contributed by atoms with van der Waals surface area (Å²) in [5.74, 6) is 1.19. The van der Waals surface area contributed by atoms with Crippen LogP contribution < -0.4 is 14.4 Å². The van der Waals surface area contributed by atoms with Crippen molar-refractivity contribution in [1.29, 1.82) is 0 Å². The number of methoxy groups -OCH3 is 2. The molecule has 2 aromatic heterocycles. The number of likely N-dealkylation sites (N-methyl/N-ethyl adjacent to an activating group) is 1. The van der Waals surface area contributed by atoms with Crippen molar-refractivity contribution in [3.8, 4) is 17.2 Å². The van der Waals surface area contributed by atoms with E-state index >= 15 is 0 Å². The molecule has 0 fully saturated rings. The zero-order chi connectivity index (χ0) is 23.5. The number of amides is 1. The number of benzene rings is 2. The normalized spacial score (nSPS) is 10.9. The molecular weight excluding hydrogens is 474 g/mol. The first-order valence-electron chi connectivity index (χ1n) is 10.5. The second-order valence-electron chi connectivity index (χ2n) is 7.80. The fraction of sp³-hybridized carbons (Fsp3) is 0.292. The van der Waals surface area contributed by atoms with Crippen LogP contribution in [0.3, 0.4) is 0 Å². The van der Waals surface area contributed by atoms with Gasteiger partial charge in [-0.1, -0.05) is 29.5 Å². The van der Waals surface area contributed by atoms with Gasteiger partial charge in [0.15, 0.2) is 5.13 Å². The maximum atomic E-state index is 13.8. The van der Waals surface area contributed by atoms with E-state index in [0.717, 1.165) is 16.1 Å². The Morgan fingerprint density at radius 1 is 1.03 bits per heavy atom. The van der Waals surface area contributed by atoms with Gasteiger partial charge in [0.05, 0.1) is 37.4 Å². The molecular formula is C24H28ClN5O3S. The molecule has 0 radical (unpaired) electrons. The maximum absolute atomic E-state index is 13.8. The summed E-state index contributed by atoms with van der Waals surface area (Å²) in [6, 6.07) is 13.4. The molecule has 0 N–H and O–H groups in total. The third-order valence-corrected chi connectivity index (χ3v) is 6.48. The molecule has 0 saturated heterocycles. The van der Waals surface area contributed by atoms with Gasteiger partial charge in [-0.3, -0.25) is 9.69 Å². The second kappa shape index (κ2) is 10.9. The van der Waals surface area contributed by atoms with Crippen LogP contribution in [0.5, 0.6) is 11.5 Å². The first kappa shape index (κ1) is 25.5. The van der Waals surface area contributed by atoms with Crippen molar-refractivity contribution in [1.82, 2.24) is 19.7 Å². The SMILES string of the molecule is COc1ccc(OC)c2sc(N(CCN(C)C)C(=O)c3cnn(-c4ccccc4)c3C)nc12.Cl. The van der Waals surface area contributed by atoms with E-state index in [9.17, 15) is 4.79 Å². The standard InChI is InChI=1S/C24H27N5O3S.ClH/c1-16-18(15-25-29(16)17-9-7-6-8-10-17)23(30)28(14-13-27(2)3)24-26-21-19(31-4)11-12-20(32-5)22(21)33-24;/h6-12,15H,13-14H2,1-5H3;1H. The molecule has 0 unspecified atom stereocenters. The highest BCUT2D eigenvalue weighted by atomic mass is 35.5. The minimum absolute atomic E-state index is 0. The molecule has 0 atom stereocenters. The lowest BCUT2D eigenvalue weighted by Crippen LogP contribution is -2.37. The van der Waals surface area contributed by atoms with Crippen LogP contribution in [-0.4, -0.2) is 67.0 Å². The largest absolute Gasteiger partial charge is 0.495 e. The van der Waals surface area contributed by atoms with E-state index in [1.165, 1.54) is 11.3 Å². The third-order valence-electron chi connectivity index (χ3n) is 5.39. The molecule has 1 amide bonds. The van der Waals surface area contributed by atoms with Crippen molar-refractivity contribution in [2.75, 3.05) is 46.3 Å². The number of nitrogens with zero attached hydrogens (tertiary/aromatic N) is 5. The summed E-state index contributed by atoms with van der Waals surface area (Å²) in [4.78, 5) is 22.3. The predicted molar refractivity (Wildman–Crippen MR) is 139 cm³/mol. The summed E-state index contributed by atoms with van der Waals surface area (Å²) < 4.78 is 13.6. The molecule has 180 valence electrons. The highest BCUT2D eigenvalue weighted by Gasteiger charge is 2.26. The Balaban J connectivity index is 0.00000324.